The first-order chi connectivity index (χ1) is 26.8. The highest BCUT2D eigenvalue weighted by Crippen LogP contribution is 2.47. The molecule has 1 aliphatic carbocycles. The van der Waals surface area contributed by atoms with E-state index in [1.165, 1.54) is 71.6 Å². The van der Waals surface area contributed by atoms with Gasteiger partial charge in [0.25, 0.3) is 0 Å². The lowest BCUT2D eigenvalue weighted by Crippen LogP contribution is -2.17. The summed E-state index contributed by atoms with van der Waals surface area (Å²) in [5.41, 5.74) is 12.0. The van der Waals surface area contributed by atoms with Crippen LogP contribution in [0.15, 0.2) is 212 Å². The van der Waals surface area contributed by atoms with Gasteiger partial charge in [0.1, 0.15) is 0 Å². The monoisotopic (exact) mass is 690 g/mol. The molecule has 2 nitrogen and oxygen atoms in total. The molecule has 0 amide bonds. The quantitative estimate of drug-likeness (QED) is 0.146. The summed E-state index contributed by atoms with van der Waals surface area (Å²) in [6.07, 6.45) is 8.77. The third-order valence-electron chi connectivity index (χ3n) is 10.9. The first-order valence-corrected chi connectivity index (χ1v) is 18.8. The SMILES string of the molecule is C1=CCCC(N(c2ccc(-c3ccccc3)cc2)c2ccc3ccc4c(N(c5ccccc5)c5ccc(-c6ccccc6)cc5)ccc5ccc2c3c54)=C1. The lowest BCUT2D eigenvalue weighted by molar-refractivity contribution is 0.919. The van der Waals surface area contributed by atoms with E-state index in [9.17, 15) is 0 Å². The number of anilines is 5. The summed E-state index contributed by atoms with van der Waals surface area (Å²) in [4.78, 5) is 4.89. The molecule has 0 heterocycles. The Morgan fingerprint density at radius 2 is 0.778 bits per heavy atom. The van der Waals surface area contributed by atoms with Crippen LogP contribution in [-0.2, 0) is 0 Å². The van der Waals surface area contributed by atoms with Crippen LogP contribution in [0.5, 0.6) is 0 Å². The van der Waals surface area contributed by atoms with Gasteiger partial charge in [0, 0.05) is 33.5 Å². The lowest BCUT2D eigenvalue weighted by Gasteiger charge is -2.31. The van der Waals surface area contributed by atoms with E-state index in [2.05, 4.69) is 216 Å². The highest BCUT2D eigenvalue weighted by atomic mass is 15.2. The standard InChI is InChI=1S/C52H38N2/c1-5-13-37(14-6-1)39-21-29-45(30-22-39)53(43-17-9-3-10-18-43)49-35-27-41-26-34-48-50(36-28-42-25-33-47(49)51(41)52(42)48)54(44-19-11-4-12-20-44)46-31-23-40(24-32-46)38-15-7-2-8-16-38/h1-11,13-19,21-36H,12,20H2. The summed E-state index contributed by atoms with van der Waals surface area (Å²) < 4.78 is 0. The van der Waals surface area contributed by atoms with Crippen molar-refractivity contribution >= 4 is 60.8 Å². The van der Waals surface area contributed by atoms with E-state index in [0.717, 1.165) is 29.9 Å². The van der Waals surface area contributed by atoms with Crippen molar-refractivity contribution in [2.75, 3.05) is 9.80 Å². The Bertz CT molecular complexity index is 2780. The van der Waals surface area contributed by atoms with E-state index in [1.54, 1.807) is 0 Å². The zero-order chi connectivity index (χ0) is 35.8. The number of hydrogen-bond donors (Lipinski definition) is 0. The van der Waals surface area contributed by atoms with Gasteiger partial charge in [0.15, 0.2) is 0 Å². The van der Waals surface area contributed by atoms with Gasteiger partial charge in [-0.2, -0.15) is 0 Å². The van der Waals surface area contributed by atoms with Crippen LogP contribution in [0.2, 0.25) is 0 Å². The van der Waals surface area contributed by atoms with Crippen molar-refractivity contribution in [1.82, 2.24) is 0 Å². The Morgan fingerprint density at radius 3 is 1.28 bits per heavy atom. The van der Waals surface area contributed by atoms with Crippen molar-refractivity contribution in [3.8, 4) is 22.3 Å². The maximum Gasteiger partial charge on any atom is 0.0540 e. The van der Waals surface area contributed by atoms with Gasteiger partial charge in [-0.15, -0.1) is 0 Å². The number of hydrogen-bond acceptors (Lipinski definition) is 2. The zero-order valence-electron chi connectivity index (χ0n) is 29.9. The summed E-state index contributed by atoms with van der Waals surface area (Å²) in [6, 6.07) is 68.5. The topological polar surface area (TPSA) is 6.48 Å². The first-order valence-electron chi connectivity index (χ1n) is 18.8. The fourth-order valence-corrected chi connectivity index (χ4v) is 8.27. The molecule has 54 heavy (non-hydrogen) atoms. The van der Waals surface area contributed by atoms with Crippen LogP contribution in [0.25, 0.3) is 54.6 Å². The van der Waals surface area contributed by atoms with Crippen LogP contribution in [0, 0.1) is 0 Å². The smallest absolute Gasteiger partial charge is 0.0540 e. The molecule has 1 aliphatic rings. The largest absolute Gasteiger partial charge is 0.314 e. The average Bonchev–Trinajstić information content (AvgIpc) is 3.26. The third-order valence-corrected chi connectivity index (χ3v) is 10.9. The first kappa shape index (κ1) is 31.8. The second-order valence-electron chi connectivity index (χ2n) is 14.0. The van der Waals surface area contributed by atoms with Crippen LogP contribution < -0.4 is 9.80 Å². The molecule has 10 rings (SSSR count). The lowest BCUT2D eigenvalue weighted by atomic mass is 9.91. The predicted octanol–water partition coefficient (Wildman–Crippen LogP) is 14.8. The summed E-state index contributed by atoms with van der Waals surface area (Å²) >= 11 is 0. The van der Waals surface area contributed by atoms with E-state index < -0.39 is 0 Å². The van der Waals surface area contributed by atoms with Gasteiger partial charge in [-0.1, -0.05) is 152 Å². The predicted molar refractivity (Wildman–Crippen MR) is 231 cm³/mol. The van der Waals surface area contributed by atoms with Crippen molar-refractivity contribution in [3.05, 3.63) is 212 Å². The van der Waals surface area contributed by atoms with Crippen LogP contribution in [-0.4, -0.2) is 0 Å². The summed E-state index contributed by atoms with van der Waals surface area (Å²) in [6.45, 7) is 0. The molecule has 9 aromatic carbocycles. The van der Waals surface area contributed by atoms with Gasteiger partial charge in [-0.3, -0.25) is 0 Å². The molecule has 0 saturated carbocycles. The number of allylic oxidation sites excluding steroid dienone is 4. The maximum atomic E-state index is 2.48. The minimum absolute atomic E-state index is 0.984. The van der Waals surface area contributed by atoms with E-state index >= 15 is 0 Å². The Kier molecular flexibility index (Phi) is 8.00. The third kappa shape index (κ3) is 5.60. The Labute approximate surface area is 316 Å². The fourth-order valence-electron chi connectivity index (χ4n) is 8.27. The van der Waals surface area contributed by atoms with Crippen LogP contribution in [0.4, 0.5) is 28.4 Å². The zero-order valence-corrected chi connectivity index (χ0v) is 29.9. The average molecular weight is 691 g/mol. The highest BCUT2D eigenvalue weighted by Gasteiger charge is 2.22. The molecule has 0 aliphatic heterocycles. The van der Waals surface area contributed by atoms with Crippen LogP contribution >= 0.6 is 0 Å². The molecule has 9 aromatic rings. The normalized spacial score (nSPS) is 12.7. The molecule has 0 unspecified atom stereocenters. The Hall–Kier alpha value is -6.90. The molecular formula is C52H38N2. The molecule has 0 bridgehead atoms. The van der Waals surface area contributed by atoms with Crippen LogP contribution in [0.1, 0.15) is 12.8 Å². The second-order valence-corrected chi connectivity index (χ2v) is 14.0. The molecular weight excluding hydrogens is 653 g/mol. The molecule has 0 atom stereocenters. The molecule has 0 spiro atoms. The van der Waals surface area contributed by atoms with Gasteiger partial charge in [-0.05, 0) is 111 Å². The molecule has 0 aromatic heterocycles. The van der Waals surface area contributed by atoms with Gasteiger partial charge in [-0.25, -0.2) is 0 Å². The Morgan fingerprint density at radius 1 is 0.352 bits per heavy atom. The summed E-state index contributed by atoms with van der Waals surface area (Å²) in [5, 5.41) is 7.58. The van der Waals surface area contributed by atoms with E-state index in [1.807, 2.05) is 0 Å². The summed E-state index contributed by atoms with van der Waals surface area (Å²) in [5.74, 6) is 0. The maximum absolute atomic E-state index is 2.48. The molecule has 0 saturated heterocycles. The summed E-state index contributed by atoms with van der Waals surface area (Å²) in [7, 11) is 0. The van der Waals surface area contributed by atoms with Crippen LogP contribution in [0.3, 0.4) is 0 Å². The van der Waals surface area contributed by atoms with Crippen molar-refractivity contribution in [2.45, 2.75) is 12.8 Å². The van der Waals surface area contributed by atoms with E-state index in [4.69, 9.17) is 0 Å². The minimum atomic E-state index is 0.984. The fraction of sp³-hybridized carbons (Fsp3) is 0.0385. The molecule has 2 heteroatoms. The van der Waals surface area contributed by atoms with Crippen molar-refractivity contribution < 1.29 is 0 Å². The van der Waals surface area contributed by atoms with Gasteiger partial charge in [0.2, 0.25) is 0 Å². The van der Waals surface area contributed by atoms with Crippen molar-refractivity contribution in [3.63, 3.8) is 0 Å². The highest BCUT2D eigenvalue weighted by molar-refractivity contribution is 6.28. The molecule has 0 N–H and O–H groups in total. The number of para-hydroxylation sites is 1. The van der Waals surface area contributed by atoms with Gasteiger partial charge in [0.05, 0.1) is 11.4 Å². The van der Waals surface area contributed by atoms with Gasteiger partial charge >= 0.3 is 0 Å². The molecule has 0 fully saturated rings. The Balaban J connectivity index is 1.15. The van der Waals surface area contributed by atoms with E-state index in [0.29, 0.717) is 0 Å². The number of nitrogens with zero attached hydrogens (tertiary/aromatic N) is 2. The van der Waals surface area contributed by atoms with E-state index in [-0.39, 0.29) is 0 Å². The number of rotatable bonds is 8. The minimum Gasteiger partial charge on any atom is -0.314 e. The van der Waals surface area contributed by atoms with Crippen molar-refractivity contribution in [1.29, 1.82) is 0 Å². The molecule has 256 valence electrons. The van der Waals surface area contributed by atoms with Gasteiger partial charge < -0.3 is 9.80 Å². The second kappa shape index (κ2) is 13.6. The number of benzene rings is 9. The molecule has 0 radical (unpaired) electrons. The van der Waals surface area contributed by atoms with Crippen molar-refractivity contribution in [2.24, 2.45) is 0 Å².